The monoisotopic (exact) mass is 353 g/mol. The van der Waals surface area contributed by atoms with Gasteiger partial charge in [0, 0.05) is 17.3 Å². The van der Waals surface area contributed by atoms with E-state index in [1.807, 2.05) is 6.92 Å². The molecular weight excluding hydrogens is 338 g/mol. The number of amides is 2. The molecule has 0 saturated carbocycles. The number of hydrogen-bond donors (Lipinski definition) is 3. The van der Waals surface area contributed by atoms with Crippen LogP contribution >= 0.6 is 11.6 Å². The number of carbonyl (C=O) groups excluding carboxylic acids is 1. The Kier molecular flexibility index (Phi) is 5.25. The molecule has 0 aromatic heterocycles. The number of benzene rings is 2. The summed E-state index contributed by atoms with van der Waals surface area (Å²) in [6.45, 7) is 2.03. The number of urea groups is 1. The van der Waals surface area contributed by atoms with Gasteiger partial charge in [-0.2, -0.15) is 0 Å². The van der Waals surface area contributed by atoms with Crippen molar-refractivity contribution in [3.63, 3.8) is 0 Å². The molecule has 6 nitrogen and oxygen atoms in total. The number of rotatable bonds is 4. The summed E-state index contributed by atoms with van der Waals surface area (Å²) in [5, 5.41) is 10.9. The van der Waals surface area contributed by atoms with Gasteiger partial charge < -0.3 is 10.6 Å². The molecular formula is C15H16ClN3O3S. The summed E-state index contributed by atoms with van der Waals surface area (Å²) in [6.07, 6.45) is 0. The Bertz CT molecular complexity index is 838. The van der Waals surface area contributed by atoms with Crippen LogP contribution in [0.5, 0.6) is 0 Å². The van der Waals surface area contributed by atoms with E-state index in [1.54, 1.807) is 30.3 Å². The standard InChI is InChI=1S/C15H16ClN3O3S/c1-10-5-6-12(8-14(10)16)19-15(20)18-9-11-3-2-4-13(7-11)23(17,21)22/h2-8H,9H2,1H3,(H2,17,21,22)(H2,18,19,20). The number of carbonyl (C=O) groups is 1. The average Bonchev–Trinajstić information content (AvgIpc) is 2.48. The Morgan fingerprint density at radius 3 is 2.61 bits per heavy atom. The second-order valence-electron chi connectivity index (χ2n) is 4.96. The molecule has 2 rings (SSSR count). The van der Waals surface area contributed by atoms with Crippen molar-refractivity contribution in [2.45, 2.75) is 18.4 Å². The lowest BCUT2D eigenvalue weighted by atomic mass is 10.2. The Hall–Kier alpha value is -2.09. The van der Waals surface area contributed by atoms with Gasteiger partial charge in [0.25, 0.3) is 0 Å². The van der Waals surface area contributed by atoms with E-state index in [4.69, 9.17) is 16.7 Å². The normalized spacial score (nSPS) is 11.1. The Morgan fingerprint density at radius 2 is 1.96 bits per heavy atom. The van der Waals surface area contributed by atoms with Crippen molar-refractivity contribution in [3.8, 4) is 0 Å². The third-order valence-corrected chi connectivity index (χ3v) is 4.43. The first-order chi connectivity index (χ1) is 10.8. The van der Waals surface area contributed by atoms with Crippen LogP contribution in [0.2, 0.25) is 5.02 Å². The number of nitrogens with two attached hydrogens (primary N) is 1. The van der Waals surface area contributed by atoms with E-state index in [2.05, 4.69) is 10.6 Å². The highest BCUT2D eigenvalue weighted by Crippen LogP contribution is 2.19. The van der Waals surface area contributed by atoms with Gasteiger partial charge in [0.1, 0.15) is 0 Å². The zero-order valence-corrected chi connectivity index (χ0v) is 13.9. The zero-order valence-electron chi connectivity index (χ0n) is 12.3. The molecule has 0 spiro atoms. The lowest BCUT2D eigenvalue weighted by molar-refractivity contribution is 0.251. The van der Waals surface area contributed by atoms with Gasteiger partial charge in [0.05, 0.1) is 4.90 Å². The van der Waals surface area contributed by atoms with Crippen LogP contribution in [0.25, 0.3) is 0 Å². The second kappa shape index (κ2) is 6.99. The number of halogens is 1. The third-order valence-electron chi connectivity index (χ3n) is 3.11. The molecule has 122 valence electrons. The van der Waals surface area contributed by atoms with Crippen molar-refractivity contribution >= 4 is 33.3 Å². The van der Waals surface area contributed by atoms with Crippen molar-refractivity contribution in [1.29, 1.82) is 0 Å². The second-order valence-corrected chi connectivity index (χ2v) is 6.93. The Balaban J connectivity index is 1.98. The number of aryl methyl sites for hydroxylation is 1. The molecule has 0 fully saturated rings. The van der Waals surface area contributed by atoms with Gasteiger partial charge in [0.2, 0.25) is 10.0 Å². The van der Waals surface area contributed by atoms with E-state index < -0.39 is 16.1 Å². The minimum absolute atomic E-state index is 0.00234. The fraction of sp³-hybridized carbons (Fsp3) is 0.133. The molecule has 0 radical (unpaired) electrons. The van der Waals surface area contributed by atoms with Gasteiger partial charge >= 0.3 is 6.03 Å². The quantitative estimate of drug-likeness (QED) is 0.787. The maximum absolute atomic E-state index is 11.9. The highest BCUT2D eigenvalue weighted by Gasteiger charge is 2.09. The van der Waals surface area contributed by atoms with Crippen LogP contribution in [0.3, 0.4) is 0 Å². The molecule has 0 aliphatic heterocycles. The van der Waals surface area contributed by atoms with Crippen LogP contribution in [0.15, 0.2) is 47.4 Å². The van der Waals surface area contributed by atoms with E-state index in [-0.39, 0.29) is 11.4 Å². The van der Waals surface area contributed by atoms with Gasteiger partial charge in [-0.05, 0) is 42.3 Å². The molecule has 0 unspecified atom stereocenters. The third kappa shape index (κ3) is 4.95. The molecule has 23 heavy (non-hydrogen) atoms. The van der Waals surface area contributed by atoms with Crippen molar-refractivity contribution in [1.82, 2.24) is 5.32 Å². The van der Waals surface area contributed by atoms with Gasteiger partial charge in [-0.25, -0.2) is 18.4 Å². The number of anilines is 1. The fourth-order valence-electron chi connectivity index (χ4n) is 1.86. The molecule has 0 aliphatic rings. The molecule has 0 aliphatic carbocycles. The molecule has 2 aromatic carbocycles. The lowest BCUT2D eigenvalue weighted by Gasteiger charge is -2.09. The van der Waals surface area contributed by atoms with Gasteiger partial charge in [-0.3, -0.25) is 0 Å². The van der Waals surface area contributed by atoms with E-state index in [1.165, 1.54) is 12.1 Å². The first-order valence-corrected chi connectivity index (χ1v) is 8.61. The largest absolute Gasteiger partial charge is 0.334 e. The molecule has 8 heteroatoms. The Labute approximate surface area is 139 Å². The maximum Gasteiger partial charge on any atom is 0.319 e. The summed E-state index contributed by atoms with van der Waals surface area (Å²) < 4.78 is 22.6. The van der Waals surface area contributed by atoms with E-state index in [0.717, 1.165) is 5.56 Å². The van der Waals surface area contributed by atoms with E-state index in [0.29, 0.717) is 16.3 Å². The van der Waals surface area contributed by atoms with Crippen LogP contribution < -0.4 is 15.8 Å². The smallest absolute Gasteiger partial charge is 0.319 e. The number of sulfonamides is 1. The predicted octanol–water partition coefficient (Wildman–Crippen LogP) is 2.62. The van der Waals surface area contributed by atoms with Gasteiger partial charge in [0.15, 0.2) is 0 Å². The first-order valence-electron chi connectivity index (χ1n) is 6.68. The average molecular weight is 354 g/mol. The minimum atomic E-state index is -3.76. The summed E-state index contributed by atoms with van der Waals surface area (Å²) in [7, 11) is -3.76. The molecule has 0 atom stereocenters. The van der Waals surface area contributed by atoms with Crippen LogP contribution in [-0.4, -0.2) is 14.4 Å². The molecule has 2 aromatic rings. The number of primary sulfonamides is 1. The summed E-state index contributed by atoms with van der Waals surface area (Å²) in [5.74, 6) is 0. The molecule has 0 saturated heterocycles. The van der Waals surface area contributed by atoms with Crippen LogP contribution in [0.4, 0.5) is 10.5 Å². The zero-order chi connectivity index (χ0) is 17.0. The van der Waals surface area contributed by atoms with Gasteiger partial charge in [-0.1, -0.05) is 29.8 Å². The lowest BCUT2D eigenvalue weighted by Crippen LogP contribution is -2.28. The van der Waals surface area contributed by atoms with Crippen molar-refractivity contribution in [3.05, 3.63) is 58.6 Å². The van der Waals surface area contributed by atoms with Crippen LogP contribution in [0, 0.1) is 6.92 Å². The number of nitrogens with one attached hydrogen (secondary N) is 2. The summed E-state index contributed by atoms with van der Waals surface area (Å²) in [5.41, 5.74) is 2.10. The topological polar surface area (TPSA) is 101 Å². The SMILES string of the molecule is Cc1ccc(NC(=O)NCc2cccc(S(N)(=O)=O)c2)cc1Cl. The molecule has 2 amide bonds. The summed E-state index contributed by atoms with van der Waals surface area (Å²) >= 11 is 5.99. The van der Waals surface area contributed by atoms with E-state index >= 15 is 0 Å². The molecule has 0 bridgehead atoms. The van der Waals surface area contributed by atoms with Gasteiger partial charge in [-0.15, -0.1) is 0 Å². The first kappa shape index (κ1) is 17.3. The predicted molar refractivity (Wildman–Crippen MR) is 89.9 cm³/mol. The fourth-order valence-corrected chi connectivity index (χ4v) is 2.63. The maximum atomic E-state index is 11.9. The molecule has 4 N–H and O–H groups in total. The van der Waals surface area contributed by atoms with Crippen LogP contribution in [-0.2, 0) is 16.6 Å². The van der Waals surface area contributed by atoms with Crippen LogP contribution in [0.1, 0.15) is 11.1 Å². The Morgan fingerprint density at radius 1 is 1.22 bits per heavy atom. The highest BCUT2D eigenvalue weighted by atomic mass is 35.5. The summed E-state index contributed by atoms with van der Waals surface area (Å²) in [4.78, 5) is 11.9. The van der Waals surface area contributed by atoms with E-state index in [9.17, 15) is 13.2 Å². The molecule has 0 heterocycles. The van der Waals surface area contributed by atoms with Crippen molar-refractivity contribution < 1.29 is 13.2 Å². The minimum Gasteiger partial charge on any atom is -0.334 e. The van der Waals surface area contributed by atoms with Crippen molar-refractivity contribution in [2.75, 3.05) is 5.32 Å². The number of hydrogen-bond acceptors (Lipinski definition) is 3. The highest BCUT2D eigenvalue weighted by molar-refractivity contribution is 7.89. The van der Waals surface area contributed by atoms with Crippen molar-refractivity contribution in [2.24, 2.45) is 5.14 Å². The summed E-state index contributed by atoms with van der Waals surface area (Å²) in [6, 6.07) is 10.8.